The molecule has 0 amide bonds. The molecule has 1 aliphatic heterocycles. The van der Waals surface area contributed by atoms with Crippen LogP contribution in [0.1, 0.15) is 12.5 Å². The molecule has 2 aliphatic rings. The SMILES string of the molecule is C[C@H]1[C@H](N2CCOCC2)[C@]1(O)c1ccccc1. The summed E-state index contributed by atoms with van der Waals surface area (Å²) >= 11 is 0. The van der Waals surface area contributed by atoms with Gasteiger partial charge in [-0.1, -0.05) is 37.3 Å². The molecule has 0 unspecified atom stereocenters. The van der Waals surface area contributed by atoms with Gasteiger partial charge in [0, 0.05) is 25.0 Å². The molecule has 0 spiro atoms. The van der Waals surface area contributed by atoms with Crippen molar-refractivity contribution >= 4 is 0 Å². The molecule has 1 aliphatic carbocycles. The van der Waals surface area contributed by atoms with Crippen molar-refractivity contribution in [3.05, 3.63) is 35.9 Å². The third kappa shape index (κ3) is 1.69. The Labute approximate surface area is 102 Å². The van der Waals surface area contributed by atoms with Crippen LogP contribution in [0.15, 0.2) is 30.3 Å². The van der Waals surface area contributed by atoms with Crippen LogP contribution in [0.4, 0.5) is 0 Å². The van der Waals surface area contributed by atoms with Gasteiger partial charge >= 0.3 is 0 Å². The molecule has 1 aromatic rings. The molecule has 1 saturated heterocycles. The summed E-state index contributed by atoms with van der Waals surface area (Å²) in [6, 6.07) is 10.3. The zero-order valence-electron chi connectivity index (χ0n) is 10.2. The third-order valence-electron chi connectivity index (χ3n) is 4.18. The van der Waals surface area contributed by atoms with Crippen molar-refractivity contribution in [2.45, 2.75) is 18.6 Å². The molecule has 1 aromatic carbocycles. The summed E-state index contributed by atoms with van der Waals surface area (Å²) in [7, 11) is 0. The molecule has 3 nitrogen and oxygen atoms in total. The molecule has 1 saturated carbocycles. The number of hydrogen-bond donors (Lipinski definition) is 1. The van der Waals surface area contributed by atoms with Gasteiger partial charge in [0.25, 0.3) is 0 Å². The Morgan fingerprint density at radius 3 is 2.53 bits per heavy atom. The monoisotopic (exact) mass is 233 g/mol. The van der Waals surface area contributed by atoms with E-state index >= 15 is 0 Å². The van der Waals surface area contributed by atoms with E-state index in [4.69, 9.17) is 4.74 Å². The molecule has 0 aromatic heterocycles. The lowest BCUT2D eigenvalue weighted by molar-refractivity contribution is 0.0127. The number of aliphatic hydroxyl groups is 1. The molecule has 17 heavy (non-hydrogen) atoms. The van der Waals surface area contributed by atoms with Crippen LogP contribution in [-0.2, 0) is 10.3 Å². The lowest BCUT2D eigenvalue weighted by Crippen LogP contribution is -2.40. The van der Waals surface area contributed by atoms with Crippen molar-refractivity contribution in [1.82, 2.24) is 4.90 Å². The second-order valence-electron chi connectivity index (χ2n) is 5.07. The minimum Gasteiger partial charge on any atom is -0.383 e. The van der Waals surface area contributed by atoms with Crippen LogP contribution >= 0.6 is 0 Å². The topological polar surface area (TPSA) is 32.7 Å². The maximum Gasteiger partial charge on any atom is 0.110 e. The summed E-state index contributed by atoms with van der Waals surface area (Å²) in [4.78, 5) is 2.36. The first-order chi connectivity index (χ1) is 8.24. The van der Waals surface area contributed by atoms with Gasteiger partial charge in [0.15, 0.2) is 0 Å². The van der Waals surface area contributed by atoms with E-state index in [9.17, 15) is 5.11 Å². The molecule has 92 valence electrons. The Morgan fingerprint density at radius 1 is 1.24 bits per heavy atom. The van der Waals surface area contributed by atoms with Gasteiger partial charge in [0.2, 0.25) is 0 Å². The molecule has 1 heterocycles. The van der Waals surface area contributed by atoms with Crippen molar-refractivity contribution < 1.29 is 9.84 Å². The summed E-state index contributed by atoms with van der Waals surface area (Å²) in [6.45, 7) is 5.57. The molecule has 3 heteroatoms. The highest BCUT2D eigenvalue weighted by Gasteiger charge is 2.64. The standard InChI is InChI=1S/C14H19NO2/c1-11-13(15-7-9-17-10-8-15)14(11,16)12-5-3-2-4-6-12/h2-6,11,13,16H,7-10H2,1H3/t11-,13-,14+/m0/s1. The van der Waals surface area contributed by atoms with E-state index in [-0.39, 0.29) is 6.04 Å². The first-order valence-corrected chi connectivity index (χ1v) is 6.34. The van der Waals surface area contributed by atoms with Gasteiger partial charge in [-0.25, -0.2) is 0 Å². The quantitative estimate of drug-likeness (QED) is 0.834. The molecule has 0 bridgehead atoms. The van der Waals surface area contributed by atoms with E-state index in [0.29, 0.717) is 5.92 Å². The van der Waals surface area contributed by atoms with E-state index in [0.717, 1.165) is 31.9 Å². The van der Waals surface area contributed by atoms with E-state index in [1.807, 2.05) is 30.3 Å². The zero-order valence-corrected chi connectivity index (χ0v) is 10.2. The van der Waals surface area contributed by atoms with Crippen molar-refractivity contribution in [3.8, 4) is 0 Å². The van der Waals surface area contributed by atoms with Crippen LogP contribution in [0.5, 0.6) is 0 Å². The van der Waals surface area contributed by atoms with Gasteiger partial charge in [0.05, 0.1) is 13.2 Å². The molecular weight excluding hydrogens is 214 g/mol. The Bertz CT molecular complexity index is 388. The van der Waals surface area contributed by atoms with Crippen LogP contribution in [-0.4, -0.2) is 42.4 Å². The van der Waals surface area contributed by atoms with Crippen LogP contribution in [0.2, 0.25) is 0 Å². The maximum absolute atomic E-state index is 10.8. The van der Waals surface area contributed by atoms with Crippen molar-refractivity contribution in [2.24, 2.45) is 5.92 Å². The van der Waals surface area contributed by atoms with Gasteiger partial charge in [-0.05, 0) is 5.56 Å². The summed E-state index contributed by atoms with van der Waals surface area (Å²) in [5.41, 5.74) is 0.391. The van der Waals surface area contributed by atoms with Crippen molar-refractivity contribution in [1.29, 1.82) is 0 Å². The highest BCUT2D eigenvalue weighted by molar-refractivity contribution is 5.34. The molecule has 3 rings (SSSR count). The number of rotatable bonds is 2. The predicted molar refractivity (Wildman–Crippen MR) is 65.7 cm³/mol. The molecule has 3 atom stereocenters. The predicted octanol–water partition coefficient (Wildman–Crippen LogP) is 1.22. The number of benzene rings is 1. The summed E-state index contributed by atoms with van der Waals surface area (Å²) in [6.07, 6.45) is 0. The second-order valence-corrected chi connectivity index (χ2v) is 5.07. The van der Waals surface area contributed by atoms with Crippen LogP contribution < -0.4 is 0 Å². The Kier molecular flexibility index (Phi) is 2.69. The molecule has 0 radical (unpaired) electrons. The summed E-state index contributed by atoms with van der Waals surface area (Å²) < 4.78 is 5.36. The number of nitrogens with zero attached hydrogens (tertiary/aromatic N) is 1. The first kappa shape index (κ1) is 11.2. The highest BCUT2D eigenvalue weighted by atomic mass is 16.5. The van der Waals surface area contributed by atoms with Gasteiger partial charge in [-0.15, -0.1) is 0 Å². The minimum absolute atomic E-state index is 0.258. The van der Waals surface area contributed by atoms with Crippen LogP contribution in [0.25, 0.3) is 0 Å². The number of hydrogen-bond acceptors (Lipinski definition) is 3. The van der Waals surface area contributed by atoms with Crippen molar-refractivity contribution in [3.63, 3.8) is 0 Å². The van der Waals surface area contributed by atoms with E-state index in [2.05, 4.69) is 11.8 Å². The summed E-state index contributed by atoms with van der Waals surface area (Å²) in [5, 5.41) is 10.8. The average Bonchev–Trinajstić information content (AvgIpc) is 2.95. The minimum atomic E-state index is -0.654. The average molecular weight is 233 g/mol. The number of morpholine rings is 1. The Balaban J connectivity index is 1.81. The molecular formula is C14H19NO2. The van der Waals surface area contributed by atoms with Gasteiger partial charge in [-0.2, -0.15) is 0 Å². The number of ether oxygens (including phenoxy) is 1. The molecule has 2 fully saturated rings. The van der Waals surface area contributed by atoms with E-state index in [1.165, 1.54) is 0 Å². The highest BCUT2D eigenvalue weighted by Crippen LogP contribution is 2.54. The maximum atomic E-state index is 10.8. The molecule has 1 N–H and O–H groups in total. The largest absolute Gasteiger partial charge is 0.383 e. The zero-order chi connectivity index (χ0) is 11.9. The lowest BCUT2D eigenvalue weighted by Gasteiger charge is -2.28. The van der Waals surface area contributed by atoms with Crippen molar-refractivity contribution in [2.75, 3.05) is 26.3 Å². The van der Waals surface area contributed by atoms with Gasteiger partial charge in [-0.3, -0.25) is 4.90 Å². The fourth-order valence-electron chi connectivity index (χ4n) is 3.11. The van der Waals surface area contributed by atoms with Gasteiger partial charge < -0.3 is 9.84 Å². The van der Waals surface area contributed by atoms with E-state index < -0.39 is 5.60 Å². The van der Waals surface area contributed by atoms with Gasteiger partial charge in [0.1, 0.15) is 5.60 Å². The van der Waals surface area contributed by atoms with Crippen LogP contribution in [0.3, 0.4) is 0 Å². The second kappa shape index (κ2) is 4.09. The normalized spacial score (nSPS) is 38.0. The third-order valence-corrected chi connectivity index (χ3v) is 4.18. The van der Waals surface area contributed by atoms with E-state index in [1.54, 1.807) is 0 Å². The van der Waals surface area contributed by atoms with Crippen LogP contribution in [0, 0.1) is 5.92 Å². The smallest absolute Gasteiger partial charge is 0.110 e. The summed E-state index contributed by atoms with van der Waals surface area (Å²) in [5.74, 6) is 0.308. The first-order valence-electron chi connectivity index (χ1n) is 6.34. The fourth-order valence-corrected chi connectivity index (χ4v) is 3.11. The lowest BCUT2D eigenvalue weighted by atomic mass is 10.1. The fraction of sp³-hybridized carbons (Fsp3) is 0.571. The Hall–Kier alpha value is -0.900. The Morgan fingerprint density at radius 2 is 1.88 bits per heavy atom.